The van der Waals surface area contributed by atoms with Crippen LogP contribution >= 0.6 is 56.9 Å². The molecule has 3 aromatic carbocycles. The molecule has 10 heteroatoms. The van der Waals surface area contributed by atoms with E-state index < -0.39 is 4.92 Å². The van der Waals surface area contributed by atoms with Crippen molar-refractivity contribution < 1.29 is 19.2 Å². The van der Waals surface area contributed by atoms with Crippen molar-refractivity contribution in [3.05, 3.63) is 105 Å². The normalized spacial score (nSPS) is 14.6. The number of carbonyl (C=O) groups is 2. The van der Waals surface area contributed by atoms with Crippen molar-refractivity contribution in [2.75, 3.05) is 0 Å². The van der Waals surface area contributed by atoms with Gasteiger partial charge < -0.3 is 4.74 Å². The van der Waals surface area contributed by atoms with Crippen LogP contribution in [0.2, 0.25) is 0 Å². The first-order valence-electron chi connectivity index (χ1n) is 10.4. The summed E-state index contributed by atoms with van der Waals surface area (Å²) < 4.78 is 7.67. The second-order valence-electron chi connectivity index (χ2n) is 7.78. The fraction of sp³-hybridized carbons (Fsp3) is 0.120. The van der Waals surface area contributed by atoms with E-state index in [4.69, 9.17) is 4.74 Å². The van der Waals surface area contributed by atoms with Crippen LogP contribution in [-0.4, -0.2) is 21.0 Å². The fourth-order valence-corrected chi connectivity index (χ4v) is 6.30. The Balaban J connectivity index is 1.47. The zero-order valence-corrected chi connectivity index (χ0v) is 23.5. The number of nitro benzene ring substituents is 1. The molecule has 2 amide bonds. The lowest BCUT2D eigenvalue weighted by Gasteiger charge is -2.13. The summed E-state index contributed by atoms with van der Waals surface area (Å²) >= 11 is 5.28. The molecule has 0 spiro atoms. The fourth-order valence-electron chi connectivity index (χ4n) is 3.33. The summed E-state index contributed by atoms with van der Waals surface area (Å²) in [6, 6.07) is 17.8. The maximum Gasteiger partial charge on any atom is 0.293 e. The number of nitrogens with zero attached hydrogens (tertiary/aromatic N) is 2. The molecule has 1 heterocycles. The van der Waals surface area contributed by atoms with Crippen molar-refractivity contribution in [2.24, 2.45) is 0 Å². The van der Waals surface area contributed by atoms with Crippen molar-refractivity contribution in [3.8, 4) is 5.75 Å². The molecule has 0 atom stereocenters. The quantitative estimate of drug-likeness (QED) is 0.114. The van der Waals surface area contributed by atoms with E-state index in [2.05, 4.69) is 45.2 Å². The number of hydrogen-bond donors (Lipinski definition) is 0. The van der Waals surface area contributed by atoms with Crippen molar-refractivity contribution in [1.82, 2.24) is 4.90 Å². The second-order valence-corrected chi connectivity index (χ2v) is 11.1. The number of amides is 2. The minimum absolute atomic E-state index is 0.0329. The molecule has 1 aliphatic heterocycles. The van der Waals surface area contributed by atoms with Gasteiger partial charge in [-0.2, -0.15) is 0 Å². The van der Waals surface area contributed by atoms with Gasteiger partial charge in [-0.3, -0.25) is 24.6 Å². The molecule has 0 saturated carbocycles. The number of halogens is 2. The van der Waals surface area contributed by atoms with E-state index in [1.807, 2.05) is 43.3 Å². The molecule has 4 rings (SSSR count). The highest BCUT2D eigenvalue weighted by molar-refractivity contribution is 14.1. The van der Waals surface area contributed by atoms with Crippen molar-refractivity contribution in [1.29, 1.82) is 0 Å². The number of aryl methyl sites for hydroxylation is 1. The summed E-state index contributed by atoms with van der Waals surface area (Å²) in [5, 5.41) is 10.5. The summed E-state index contributed by atoms with van der Waals surface area (Å²) in [4.78, 5) is 37.4. The summed E-state index contributed by atoms with van der Waals surface area (Å²) in [6.07, 6.45) is 1.73. The van der Waals surface area contributed by atoms with E-state index in [9.17, 15) is 19.7 Å². The zero-order valence-electron chi connectivity index (χ0n) is 18.4. The van der Waals surface area contributed by atoms with Crippen LogP contribution < -0.4 is 4.74 Å². The molecule has 0 bridgehead atoms. The Morgan fingerprint density at radius 2 is 1.60 bits per heavy atom. The van der Waals surface area contributed by atoms with E-state index in [0.29, 0.717) is 10.7 Å². The molecule has 1 saturated heterocycles. The molecular formula is C25H18I2N2O5S. The number of benzene rings is 3. The first kappa shape index (κ1) is 25.6. The molecule has 0 unspecified atom stereocenters. The number of thioether (sulfide) groups is 1. The van der Waals surface area contributed by atoms with Gasteiger partial charge in [0.05, 0.1) is 23.5 Å². The monoisotopic (exact) mass is 712 g/mol. The molecule has 0 N–H and O–H groups in total. The maximum absolute atomic E-state index is 12.9. The van der Waals surface area contributed by atoms with Gasteiger partial charge >= 0.3 is 0 Å². The molecule has 35 heavy (non-hydrogen) atoms. The Bertz CT molecular complexity index is 1320. The van der Waals surface area contributed by atoms with Gasteiger partial charge in [0.2, 0.25) is 0 Å². The van der Waals surface area contributed by atoms with Gasteiger partial charge in [0.25, 0.3) is 16.8 Å². The van der Waals surface area contributed by atoms with Gasteiger partial charge in [-0.15, -0.1) is 0 Å². The van der Waals surface area contributed by atoms with Crippen molar-refractivity contribution in [2.45, 2.75) is 20.1 Å². The molecule has 3 aromatic rings. The Hall–Kier alpha value is -2.45. The number of rotatable bonds is 7. The van der Waals surface area contributed by atoms with E-state index in [0.717, 1.165) is 41.2 Å². The van der Waals surface area contributed by atoms with Crippen molar-refractivity contribution in [3.63, 3.8) is 0 Å². The van der Waals surface area contributed by atoms with Gasteiger partial charge in [-0.05, 0) is 111 Å². The summed E-state index contributed by atoms with van der Waals surface area (Å²) in [5.74, 6) is 0.387. The van der Waals surface area contributed by atoms with E-state index in [1.165, 1.54) is 17.0 Å². The Morgan fingerprint density at radius 1 is 1.00 bits per heavy atom. The van der Waals surface area contributed by atoms with Crippen LogP contribution in [0.25, 0.3) is 6.08 Å². The molecule has 0 aromatic heterocycles. The number of carbonyl (C=O) groups excluding carboxylic acids is 2. The first-order chi connectivity index (χ1) is 16.7. The molecule has 178 valence electrons. The standard InChI is InChI=1S/C25H18I2N2O5S/c1-15-2-4-16(5-3-15)13-28-24(30)22(35-25(28)31)12-18-10-20(26)23(21(27)11-18)34-14-17-6-8-19(9-7-17)29(32)33/h2-12H,13-14H2,1H3/b22-12-. The third kappa shape index (κ3) is 6.22. The van der Waals surface area contributed by atoms with Crippen molar-refractivity contribution >= 4 is 79.9 Å². The third-order valence-electron chi connectivity index (χ3n) is 5.18. The van der Waals surface area contributed by atoms with Gasteiger partial charge in [0.15, 0.2) is 0 Å². The summed E-state index contributed by atoms with van der Waals surface area (Å²) in [6.45, 7) is 2.50. The molecular weight excluding hydrogens is 694 g/mol. The number of ether oxygens (including phenoxy) is 1. The summed E-state index contributed by atoms with van der Waals surface area (Å²) in [7, 11) is 0. The van der Waals surface area contributed by atoms with Gasteiger partial charge in [-0.1, -0.05) is 29.8 Å². The number of non-ortho nitro benzene ring substituents is 1. The first-order valence-corrected chi connectivity index (χ1v) is 13.3. The van der Waals surface area contributed by atoms with Crippen LogP contribution in [0.3, 0.4) is 0 Å². The van der Waals surface area contributed by atoms with Crippen LogP contribution in [-0.2, 0) is 17.9 Å². The zero-order chi connectivity index (χ0) is 25.1. The Morgan fingerprint density at radius 3 is 2.20 bits per heavy atom. The predicted octanol–water partition coefficient (Wildman–Crippen LogP) is 6.93. The summed E-state index contributed by atoms with van der Waals surface area (Å²) in [5.41, 5.74) is 3.66. The van der Waals surface area contributed by atoms with Gasteiger partial charge in [0, 0.05) is 12.1 Å². The smallest absolute Gasteiger partial charge is 0.293 e. The lowest BCUT2D eigenvalue weighted by Crippen LogP contribution is -2.27. The van der Waals surface area contributed by atoms with Crippen LogP contribution in [0.1, 0.15) is 22.3 Å². The molecule has 1 fully saturated rings. The average Bonchev–Trinajstić information content (AvgIpc) is 3.07. The van der Waals surface area contributed by atoms with E-state index in [-0.39, 0.29) is 30.0 Å². The van der Waals surface area contributed by atoms with Crippen LogP contribution in [0.15, 0.2) is 65.6 Å². The average molecular weight is 712 g/mol. The van der Waals surface area contributed by atoms with Gasteiger partial charge in [0.1, 0.15) is 12.4 Å². The van der Waals surface area contributed by atoms with Crippen LogP contribution in [0.5, 0.6) is 5.75 Å². The lowest BCUT2D eigenvalue weighted by molar-refractivity contribution is -0.384. The number of imide groups is 1. The largest absolute Gasteiger partial charge is 0.487 e. The highest BCUT2D eigenvalue weighted by Crippen LogP contribution is 2.35. The highest BCUT2D eigenvalue weighted by atomic mass is 127. The Kier molecular flexibility index (Phi) is 8.12. The number of nitro groups is 1. The Labute approximate surface area is 233 Å². The minimum atomic E-state index is -0.438. The van der Waals surface area contributed by atoms with Crippen LogP contribution in [0.4, 0.5) is 10.5 Å². The molecule has 0 radical (unpaired) electrons. The maximum atomic E-state index is 12.9. The lowest BCUT2D eigenvalue weighted by atomic mass is 10.1. The molecule has 7 nitrogen and oxygen atoms in total. The topological polar surface area (TPSA) is 89.8 Å². The van der Waals surface area contributed by atoms with Gasteiger partial charge in [-0.25, -0.2) is 0 Å². The highest BCUT2D eigenvalue weighted by Gasteiger charge is 2.35. The van der Waals surface area contributed by atoms with E-state index >= 15 is 0 Å². The molecule has 1 aliphatic rings. The predicted molar refractivity (Wildman–Crippen MR) is 152 cm³/mol. The minimum Gasteiger partial charge on any atom is -0.487 e. The number of hydrogen-bond acceptors (Lipinski definition) is 6. The van der Waals surface area contributed by atoms with Crippen LogP contribution in [0, 0.1) is 24.2 Å². The molecule has 0 aliphatic carbocycles. The third-order valence-corrected chi connectivity index (χ3v) is 7.69. The van der Waals surface area contributed by atoms with E-state index in [1.54, 1.807) is 18.2 Å². The SMILES string of the molecule is Cc1ccc(CN2C(=O)S/C(=C\c3cc(I)c(OCc4ccc([N+](=O)[O-])cc4)c(I)c3)C2=O)cc1. The second kappa shape index (κ2) is 11.1.